The van der Waals surface area contributed by atoms with Crippen LogP contribution in [0, 0.1) is 0 Å². The topological polar surface area (TPSA) is 52.0 Å². The van der Waals surface area contributed by atoms with Gasteiger partial charge in [0.05, 0.1) is 17.8 Å². The molecule has 0 saturated heterocycles. The highest BCUT2D eigenvalue weighted by atomic mass is 16.3. The number of aryl methyl sites for hydroxylation is 1. The van der Waals surface area contributed by atoms with Crippen molar-refractivity contribution in [3.63, 3.8) is 0 Å². The maximum Gasteiger partial charge on any atom is 0.108 e. The Hall–Kier alpha value is -2.13. The molecule has 0 saturated carbocycles. The van der Waals surface area contributed by atoms with Crippen LogP contribution in [0.15, 0.2) is 53.3 Å². The van der Waals surface area contributed by atoms with E-state index in [9.17, 15) is 0 Å². The minimum Gasteiger partial charge on any atom is -0.469 e. The van der Waals surface area contributed by atoms with Crippen LogP contribution in [0.5, 0.6) is 0 Å². The van der Waals surface area contributed by atoms with Crippen LogP contribution in [0.25, 0.3) is 10.9 Å². The second kappa shape index (κ2) is 4.86. The molecule has 0 radical (unpaired) electrons. The van der Waals surface area contributed by atoms with Crippen molar-refractivity contribution in [3.05, 3.63) is 65.7 Å². The second-order valence-electron chi connectivity index (χ2n) is 4.59. The molecule has 19 heavy (non-hydrogen) atoms. The van der Waals surface area contributed by atoms with Gasteiger partial charge in [0.15, 0.2) is 0 Å². The van der Waals surface area contributed by atoms with Crippen LogP contribution < -0.4 is 5.73 Å². The van der Waals surface area contributed by atoms with E-state index >= 15 is 0 Å². The quantitative estimate of drug-likeness (QED) is 0.776. The summed E-state index contributed by atoms with van der Waals surface area (Å²) in [7, 11) is 0. The third-order valence-electron chi connectivity index (χ3n) is 3.41. The Kier molecular flexibility index (Phi) is 3.05. The fraction of sp³-hybridized carbons (Fsp3) is 0.188. The van der Waals surface area contributed by atoms with Crippen LogP contribution in [0.3, 0.4) is 0 Å². The van der Waals surface area contributed by atoms with Gasteiger partial charge in [0.2, 0.25) is 0 Å². The molecule has 0 amide bonds. The zero-order chi connectivity index (χ0) is 13.2. The summed E-state index contributed by atoms with van der Waals surface area (Å²) in [5.74, 6) is 0.945. The summed E-state index contributed by atoms with van der Waals surface area (Å²) >= 11 is 0. The molecular weight excluding hydrogens is 236 g/mol. The van der Waals surface area contributed by atoms with E-state index < -0.39 is 0 Å². The van der Waals surface area contributed by atoms with Crippen LogP contribution in [0.2, 0.25) is 0 Å². The summed E-state index contributed by atoms with van der Waals surface area (Å²) < 4.78 is 5.44. The number of furan rings is 1. The molecular formula is C16H16N2O. The van der Waals surface area contributed by atoms with E-state index in [-0.39, 0.29) is 6.04 Å². The lowest BCUT2D eigenvalue weighted by Gasteiger charge is -2.12. The molecule has 3 rings (SSSR count). The van der Waals surface area contributed by atoms with E-state index in [1.165, 1.54) is 0 Å². The fourth-order valence-corrected chi connectivity index (χ4v) is 2.35. The lowest BCUT2D eigenvalue weighted by atomic mass is 9.99. The standard InChI is InChI=1S/C16H16N2O/c1-2-15-13(7-8-19-15)16(17)12-9-11-5-3-4-6-14(11)18-10-12/h3-10,16H,2,17H2,1H3. The van der Waals surface area contributed by atoms with E-state index in [0.29, 0.717) is 0 Å². The molecule has 0 spiro atoms. The van der Waals surface area contributed by atoms with Crippen LogP contribution in [0.1, 0.15) is 29.9 Å². The summed E-state index contributed by atoms with van der Waals surface area (Å²) in [5, 5.41) is 1.11. The van der Waals surface area contributed by atoms with E-state index in [1.807, 2.05) is 30.5 Å². The van der Waals surface area contributed by atoms with Crippen molar-refractivity contribution in [3.8, 4) is 0 Å². The number of aromatic nitrogens is 1. The van der Waals surface area contributed by atoms with E-state index in [2.05, 4.69) is 24.0 Å². The average Bonchev–Trinajstić information content (AvgIpc) is 2.94. The normalized spacial score (nSPS) is 12.7. The molecule has 3 aromatic rings. The molecule has 3 heteroatoms. The molecule has 1 unspecified atom stereocenters. The Morgan fingerprint density at radius 3 is 2.95 bits per heavy atom. The molecule has 1 atom stereocenters. The number of hydrogen-bond acceptors (Lipinski definition) is 3. The highest BCUT2D eigenvalue weighted by molar-refractivity contribution is 5.78. The van der Waals surface area contributed by atoms with Crippen molar-refractivity contribution >= 4 is 10.9 Å². The van der Waals surface area contributed by atoms with Gasteiger partial charge in [-0.15, -0.1) is 0 Å². The molecule has 0 aliphatic carbocycles. The van der Waals surface area contributed by atoms with Crippen molar-refractivity contribution in [2.45, 2.75) is 19.4 Å². The first kappa shape index (κ1) is 11.9. The lowest BCUT2D eigenvalue weighted by molar-refractivity contribution is 0.509. The molecule has 96 valence electrons. The van der Waals surface area contributed by atoms with Gasteiger partial charge in [0.25, 0.3) is 0 Å². The number of nitrogens with two attached hydrogens (primary N) is 1. The second-order valence-corrected chi connectivity index (χ2v) is 4.59. The van der Waals surface area contributed by atoms with Crippen LogP contribution >= 0.6 is 0 Å². The zero-order valence-electron chi connectivity index (χ0n) is 10.8. The van der Waals surface area contributed by atoms with Crippen molar-refractivity contribution in [2.75, 3.05) is 0 Å². The third kappa shape index (κ3) is 2.13. The minimum absolute atomic E-state index is 0.189. The van der Waals surface area contributed by atoms with Gasteiger partial charge in [-0.2, -0.15) is 0 Å². The molecule has 0 aliphatic heterocycles. The van der Waals surface area contributed by atoms with Gasteiger partial charge in [-0.1, -0.05) is 25.1 Å². The average molecular weight is 252 g/mol. The highest BCUT2D eigenvalue weighted by Gasteiger charge is 2.15. The number of nitrogens with zero attached hydrogens (tertiary/aromatic N) is 1. The number of para-hydroxylation sites is 1. The van der Waals surface area contributed by atoms with E-state index in [4.69, 9.17) is 10.2 Å². The lowest BCUT2D eigenvalue weighted by Crippen LogP contribution is -2.13. The molecule has 0 bridgehead atoms. The molecule has 1 aromatic carbocycles. The fourth-order valence-electron chi connectivity index (χ4n) is 2.35. The number of fused-ring (bicyclic) bond motifs is 1. The number of hydrogen-bond donors (Lipinski definition) is 1. The van der Waals surface area contributed by atoms with Crippen molar-refractivity contribution in [1.29, 1.82) is 0 Å². The largest absolute Gasteiger partial charge is 0.469 e. The number of benzene rings is 1. The van der Waals surface area contributed by atoms with Gasteiger partial charge in [-0.3, -0.25) is 4.98 Å². The van der Waals surface area contributed by atoms with Gasteiger partial charge in [0.1, 0.15) is 5.76 Å². The summed E-state index contributed by atoms with van der Waals surface area (Å²) in [6.07, 6.45) is 4.39. The van der Waals surface area contributed by atoms with E-state index in [1.54, 1.807) is 6.26 Å². The van der Waals surface area contributed by atoms with Gasteiger partial charge in [-0.25, -0.2) is 0 Å². The molecule has 2 N–H and O–H groups in total. The number of pyridine rings is 1. The Morgan fingerprint density at radius 2 is 2.11 bits per heavy atom. The third-order valence-corrected chi connectivity index (χ3v) is 3.41. The van der Waals surface area contributed by atoms with E-state index in [0.717, 1.165) is 34.2 Å². The first-order chi connectivity index (χ1) is 9.29. The van der Waals surface area contributed by atoms with Crippen molar-refractivity contribution in [1.82, 2.24) is 4.98 Å². The number of rotatable bonds is 3. The first-order valence-electron chi connectivity index (χ1n) is 6.46. The summed E-state index contributed by atoms with van der Waals surface area (Å²) in [5.41, 5.74) is 9.37. The minimum atomic E-state index is -0.189. The van der Waals surface area contributed by atoms with Gasteiger partial charge >= 0.3 is 0 Å². The summed E-state index contributed by atoms with van der Waals surface area (Å²) in [6, 6.07) is 11.9. The van der Waals surface area contributed by atoms with Gasteiger partial charge in [-0.05, 0) is 23.8 Å². The molecule has 2 aromatic heterocycles. The molecule has 0 fully saturated rings. The Morgan fingerprint density at radius 1 is 1.26 bits per heavy atom. The monoisotopic (exact) mass is 252 g/mol. The maximum absolute atomic E-state index is 6.33. The predicted molar refractivity (Wildman–Crippen MR) is 75.9 cm³/mol. The van der Waals surface area contributed by atoms with Gasteiger partial charge < -0.3 is 10.2 Å². The van der Waals surface area contributed by atoms with Gasteiger partial charge in [0, 0.05) is 23.6 Å². The van der Waals surface area contributed by atoms with Crippen molar-refractivity contribution < 1.29 is 4.42 Å². The SMILES string of the molecule is CCc1occc1C(N)c1cnc2ccccc2c1. The Bertz CT molecular complexity index is 703. The Labute approximate surface area is 112 Å². The van der Waals surface area contributed by atoms with Crippen LogP contribution in [-0.2, 0) is 6.42 Å². The van der Waals surface area contributed by atoms with Crippen LogP contribution in [-0.4, -0.2) is 4.98 Å². The molecule has 0 aliphatic rings. The maximum atomic E-state index is 6.33. The first-order valence-corrected chi connectivity index (χ1v) is 6.46. The zero-order valence-corrected chi connectivity index (χ0v) is 10.8. The smallest absolute Gasteiger partial charge is 0.108 e. The molecule has 2 heterocycles. The highest BCUT2D eigenvalue weighted by Crippen LogP contribution is 2.25. The summed E-state index contributed by atoms with van der Waals surface area (Å²) in [6.45, 7) is 2.06. The Balaban J connectivity index is 2.04. The van der Waals surface area contributed by atoms with Crippen molar-refractivity contribution in [2.24, 2.45) is 5.73 Å². The predicted octanol–water partition coefficient (Wildman–Crippen LogP) is 3.44. The molecule has 3 nitrogen and oxygen atoms in total. The summed E-state index contributed by atoms with van der Waals surface area (Å²) in [4.78, 5) is 4.46. The van der Waals surface area contributed by atoms with Crippen LogP contribution in [0.4, 0.5) is 0 Å².